The lowest BCUT2D eigenvalue weighted by atomic mass is 10.0. The van der Waals surface area contributed by atoms with Crippen molar-refractivity contribution in [1.82, 2.24) is 14.9 Å². The minimum atomic E-state index is 0.215. The highest BCUT2D eigenvalue weighted by Gasteiger charge is 2.26. The van der Waals surface area contributed by atoms with Gasteiger partial charge in [-0.05, 0) is 37.8 Å². The first-order valence-corrected chi connectivity index (χ1v) is 10.3. The van der Waals surface area contributed by atoms with Gasteiger partial charge in [-0.3, -0.25) is 9.69 Å². The number of anilines is 2. The van der Waals surface area contributed by atoms with E-state index in [9.17, 15) is 4.79 Å². The summed E-state index contributed by atoms with van der Waals surface area (Å²) in [5.41, 5.74) is 4.69. The summed E-state index contributed by atoms with van der Waals surface area (Å²) < 4.78 is 0. The Morgan fingerprint density at radius 3 is 2.64 bits per heavy atom. The molecule has 0 aliphatic carbocycles. The molecule has 0 spiro atoms. The van der Waals surface area contributed by atoms with Crippen molar-refractivity contribution in [3.05, 3.63) is 47.4 Å². The molecule has 28 heavy (non-hydrogen) atoms. The van der Waals surface area contributed by atoms with Crippen LogP contribution in [0.4, 0.5) is 11.5 Å². The van der Waals surface area contributed by atoms with Crippen LogP contribution in [0.2, 0.25) is 0 Å². The van der Waals surface area contributed by atoms with Gasteiger partial charge in [0.05, 0.1) is 6.54 Å². The van der Waals surface area contributed by atoms with E-state index in [1.54, 1.807) is 6.33 Å². The highest BCUT2D eigenvalue weighted by atomic mass is 16.2. The molecule has 1 amide bonds. The number of para-hydroxylation sites is 1. The quantitative estimate of drug-likeness (QED) is 0.817. The first kappa shape index (κ1) is 18.9. The smallest absolute Gasteiger partial charge is 0.241 e. The molecular weight excluding hydrogens is 350 g/mol. The minimum Gasteiger partial charge on any atom is -0.354 e. The van der Waals surface area contributed by atoms with Crippen molar-refractivity contribution in [2.75, 3.05) is 49.1 Å². The van der Waals surface area contributed by atoms with E-state index >= 15 is 0 Å². The van der Waals surface area contributed by atoms with E-state index in [1.807, 2.05) is 11.0 Å². The van der Waals surface area contributed by atoms with Crippen molar-refractivity contribution in [3.8, 4) is 0 Å². The molecule has 148 valence electrons. The summed E-state index contributed by atoms with van der Waals surface area (Å²) >= 11 is 0. The number of carbonyl (C=O) groups is 1. The Hall–Kier alpha value is -2.47. The minimum absolute atomic E-state index is 0.215. The standard InChI is InChI=1S/C22H29N5O/c1-3-19-17(2)23-16-24-22(19)26-13-11-25(12-14-26)15-21(28)27-10-6-8-18-7-4-5-9-20(18)27/h4-5,7,9,16H,3,6,8,10-15H2,1-2H3. The van der Waals surface area contributed by atoms with Gasteiger partial charge in [0.1, 0.15) is 12.1 Å². The van der Waals surface area contributed by atoms with Gasteiger partial charge in [-0.15, -0.1) is 0 Å². The van der Waals surface area contributed by atoms with Crippen LogP contribution in [0.25, 0.3) is 0 Å². The van der Waals surface area contributed by atoms with Crippen LogP contribution in [0.5, 0.6) is 0 Å². The van der Waals surface area contributed by atoms with Crippen molar-refractivity contribution in [3.63, 3.8) is 0 Å². The number of piperazine rings is 1. The fourth-order valence-corrected chi connectivity index (χ4v) is 4.36. The number of rotatable bonds is 4. The molecule has 6 heteroatoms. The summed E-state index contributed by atoms with van der Waals surface area (Å²) in [7, 11) is 0. The molecule has 1 saturated heterocycles. The van der Waals surface area contributed by atoms with E-state index in [0.29, 0.717) is 6.54 Å². The van der Waals surface area contributed by atoms with Gasteiger partial charge in [0.2, 0.25) is 5.91 Å². The van der Waals surface area contributed by atoms with Gasteiger partial charge in [0, 0.05) is 49.7 Å². The van der Waals surface area contributed by atoms with E-state index in [0.717, 1.165) is 69.2 Å². The number of aromatic nitrogens is 2. The topological polar surface area (TPSA) is 52.6 Å². The molecule has 0 atom stereocenters. The van der Waals surface area contributed by atoms with Crippen LogP contribution in [0.3, 0.4) is 0 Å². The Balaban J connectivity index is 1.38. The number of hydrogen-bond donors (Lipinski definition) is 0. The van der Waals surface area contributed by atoms with Crippen molar-refractivity contribution in [1.29, 1.82) is 0 Å². The van der Waals surface area contributed by atoms with E-state index < -0.39 is 0 Å². The van der Waals surface area contributed by atoms with Gasteiger partial charge in [0.25, 0.3) is 0 Å². The number of hydrogen-bond acceptors (Lipinski definition) is 5. The molecule has 2 aliphatic rings. The summed E-state index contributed by atoms with van der Waals surface area (Å²) in [5, 5.41) is 0. The molecule has 0 N–H and O–H groups in total. The first-order chi connectivity index (χ1) is 13.7. The zero-order chi connectivity index (χ0) is 19.5. The van der Waals surface area contributed by atoms with Gasteiger partial charge >= 0.3 is 0 Å². The van der Waals surface area contributed by atoms with Crippen LogP contribution in [-0.4, -0.2) is 60.0 Å². The molecule has 4 rings (SSSR count). The lowest BCUT2D eigenvalue weighted by Gasteiger charge is -2.37. The predicted molar refractivity (Wildman–Crippen MR) is 112 cm³/mol. The number of benzene rings is 1. The molecule has 0 radical (unpaired) electrons. The van der Waals surface area contributed by atoms with Crippen LogP contribution in [-0.2, 0) is 17.6 Å². The normalized spacial score (nSPS) is 17.5. The fraction of sp³-hybridized carbons (Fsp3) is 0.500. The molecule has 1 aromatic heterocycles. The van der Waals surface area contributed by atoms with E-state index in [-0.39, 0.29) is 5.91 Å². The molecule has 2 aliphatic heterocycles. The highest BCUT2D eigenvalue weighted by molar-refractivity contribution is 5.96. The SMILES string of the molecule is CCc1c(C)ncnc1N1CCN(CC(=O)N2CCCc3ccccc32)CC1. The Bertz CT molecular complexity index is 845. The largest absolute Gasteiger partial charge is 0.354 e. The van der Waals surface area contributed by atoms with E-state index in [1.165, 1.54) is 11.1 Å². The summed E-state index contributed by atoms with van der Waals surface area (Å²) in [6.07, 6.45) is 4.71. The molecule has 1 fully saturated rings. The zero-order valence-corrected chi connectivity index (χ0v) is 16.9. The van der Waals surface area contributed by atoms with Gasteiger partial charge in [-0.1, -0.05) is 25.1 Å². The lowest BCUT2D eigenvalue weighted by molar-refractivity contribution is -0.119. The van der Waals surface area contributed by atoms with Crippen LogP contribution < -0.4 is 9.80 Å². The third-order valence-corrected chi connectivity index (χ3v) is 5.93. The third kappa shape index (κ3) is 3.74. The summed E-state index contributed by atoms with van der Waals surface area (Å²) in [6.45, 7) is 9.08. The molecule has 3 heterocycles. The van der Waals surface area contributed by atoms with Crippen molar-refractivity contribution >= 4 is 17.4 Å². The van der Waals surface area contributed by atoms with Crippen molar-refractivity contribution in [2.45, 2.75) is 33.1 Å². The molecule has 0 unspecified atom stereocenters. The summed E-state index contributed by atoms with van der Waals surface area (Å²) in [5.74, 6) is 1.28. The number of nitrogens with zero attached hydrogens (tertiary/aromatic N) is 5. The highest BCUT2D eigenvalue weighted by Crippen LogP contribution is 2.27. The number of carbonyl (C=O) groups excluding carboxylic acids is 1. The summed E-state index contributed by atoms with van der Waals surface area (Å²) in [4.78, 5) is 28.4. The van der Waals surface area contributed by atoms with Gasteiger partial charge in [-0.2, -0.15) is 0 Å². The van der Waals surface area contributed by atoms with Crippen LogP contribution in [0.1, 0.15) is 30.2 Å². The number of amides is 1. The second-order valence-electron chi connectivity index (χ2n) is 7.66. The molecule has 0 saturated carbocycles. The Labute approximate surface area is 167 Å². The maximum atomic E-state index is 13.0. The van der Waals surface area contributed by atoms with Crippen molar-refractivity contribution < 1.29 is 4.79 Å². The second-order valence-corrected chi connectivity index (χ2v) is 7.66. The van der Waals surface area contributed by atoms with Gasteiger partial charge < -0.3 is 9.80 Å². The van der Waals surface area contributed by atoms with Crippen LogP contribution in [0.15, 0.2) is 30.6 Å². The molecule has 1 aromatic carbocycles. The van der Waals surface area contributed by atoms with Crippen LogP contribution >= 0.6 is 0 Å². The Morgan fingerprint density at radius 2 is 1.86 bits per heavy atom. The molecule has 2 aromatic rings. The maximum absolute atomic E-state index is 13.0. The second kappa shape index (κ2) is 8.27. The van der Waals surface area contributed by atoms with Gasteiger partial charge in [0.15, 0.2) is 0 Å². The molecule has 6 nitrogen and oxygen atoms in total. The van der Waals surface area contributed by atoms with Crippen LogP contribution in [0, 0.1) is 6.92 Å². The first-order valence-electron chi connectivity index (χ1n) is 10.3. The average Bonchev–Trinajstić information content (AvgIpc) is 2.73. The number of aryl methyl sites for hydroxylation is 2. The van der Waals surface area contributed by atoms with E-state index in [4.69, 9.17) is 0 Å². The van der Waals surface area contributed by atoms with Gasteiger partial charge in [-0.25, -0.2) is 9.97 Å². The third-order valence-electron chi connectivity index (χ3n) is 5.93. The Morgan fingerprint density at radius 1 is 1.07 bits per heavy atom. The molecule has 0 bridgehead atoms. The zero-order valence-electron chi connectivity index (χ0n) is 16.9. The van der Waals surface area contributed by atoms with E-state index in [2.05, 4.69) is 51.8 Å². The average molecular weight is 380 g/mol. The predicted octanol–water partition coefficient (Wildman–Crippen LogP) is 2.45. The maximum Gasteiger partial charge on any atom is 0.241 e. The summed E-state index contributed by atoms with van der Waals surface area (Å²) in [6, 6.07) is 8.31. The molecular formula is C22H29N5O. The number of fused-ring (bicyclic) bond motifs is 1. The Kier molecular flexibility index (Phi) is 5.57. The van der Waals surface area contributed by atoms with Crippen molar-refractivity contribution in [2.24, 2.45) is 0 Å². The monoisotopic (exact) mass is 379 g/mol. The fourth-order valence-electron chi connectivity index (χ4n) is 4.36. The lowest BCUT2D eigenvalue weighted by Crippen LogP contribution is -2.51.